The number of benzene rings is 1. The summed E-state index contributed by atoms with van der Waals surface area (Å²) in [5, 5.41) is 11.6. The lowest BCUT2D eigenvalue weighted by atomic mass is 10.1. The van der Waals surface area contributed by atoms with Crippen molar-refractivity contribution in [3.05, 3.63) is 35.4 Å². The summed E-state index contributed by atoms with van der Waals surface area (Å²) in [6.45, 7) is 0.285. The Hall–Kier alpha value is -1.53. The van der Waals surface area contributed by atoms with Crippen molar-refractivity contribution in [2.45, 2.75) is 19.0 Å². The van der Waals surface area contributed by atoms with Crippen LogP contribution in [0.5, 0.6) is 0 Å². The molecule has 5 nitrogen and oxygen atoms in total. The molecule has 0 aliphatic heterocycles. The normalized spacial score (nSPS) is 11.9. The number of hydrogen-bond donors (Lipinski definition) is 3. The third-order valence-corrected chi connectivity index (χ3v) is 3.25. The van der Waals surface area contributed by atoms with E-state index in [2.05, 4.69) is 5.32 Å². The van der Waals surface area contributed by atoms with Crippen LogP contribution in [0.15, 0.2) is 24.3 Å². The standard InChI is InChI=1S/C13H18N2O3S/c1-19-6-5-11(14)12(16)15-8-9-3-2-4-10(7-9)13(17)18/h2-4,7,11H,5-6,8,14H2,1H3,(H,15,16)(H,17,18)/t11-/m0/s1. The Morgan fingerprint density at radius 3 is 2.84 bits per heavy atom. The van der Waals surface area contributed by atoms with Crippen molar-refractivity contribution >= 4 is 23.6 Å². The highest BCUT2D eigenvalue weighted by Gasteiger charge is 2.12. The average Bonchev–Trinajstić information content (AvgIpc) is 2.42. The maximum absolute atomic E-state index is 11.7. The van der Waals surface area contributed by atoms with Crippen LogP contribution < -0.4 is 11.1 Å². The van der Waals surface area contributed by atoms with Gasteiger partial charge in [-0.05, 0) is 36.1 Å². The Morgan fingerprint density at radius 2 is 2.21 bits per heavy atom. The number of carbonyl (C=O) groups is 2. The third kappa shape index (κ3) is 5.32. The third-order valence-electron chi connectivity index (χ3n) is 2.61. The van der Waals surface area contributed by atoms with Gasteiger partial charge < -0.3 is 16.2 Å². The summed E-state index contributed by atoms with van der Waals surface area (Å²) < 4.78 is 0. The van der Waals surface area contributed by atoms with Crippen LogP contribution >= 0.6 is 11.8 Å². The molecule has 1 atom stereocenters. The molecular formula is C13H18N2O3S. The van der Waals surface area contributed by atoms with Gasteiger partial charge in [-0.1, -0.05) is 12.1 Å². The van der Waals surface area contributed by atoms with E-state index in [1.54, 1.807) is 23.9 Å². The Kier molecular flexibility index (Phi) is 6.38. The minimum Gasteiger partial charge on any atom is -0.478 e. The second-order valence-electron chi connectivity index (χ2n) is 4.11. The number of carboxylic acids is 1. The second-order valence-corrected chi connectivity index (χ2v) is 5.10. The van der Waals surface area contributed by atoms with Gasteiger partial charge in [0.2, 0.25) is 5.91 Å². The summed E-state index contributed by atoms with van der Waals surface area (Å²) in [6, 6.07) is 5.95. The fourth-order valence-electron chi connectivity index (χ4n) is 1.51. The molecule has 1 amide bonds. The number of nitrogens with two attached hydrogens (primary N) is 1. The fourth-order valence-corrected chi connectivity index (χ4v) is 2.00. The van der Waals surface area contributed by atoms with Gasteiger partial charge in [-0.25, -0.2) is 4.79 Å². The highest BCUT2D eigenvalue weighted by Crippen LogP contribution is 2.05. The number of carbonyl (C=O) groups excluding carboxylic acids is 1. The maximum atomic E-state index is 11.7. The molecule has 104 valence electrons. The van der Waals surface area contributed by atoms with E-state index in [1.807, 2.05) is 6.26 Å². The lowest BCUT2D eigenvalue weighted by Gasteiger charge is -2.11. The van der Waals surface area contributed by atoms with Crippen molar-refractivity contribution < 1.29 is 14.7 Å². The summed E-state index contributed by atoms with van der Waals surface area (Å²) in [4.78, 5) is 22.5. The molecule has 0 saturated heterocycles. The minimum absolute atomic E-state index is 0.207. The largest absolute Gasteiger partial charge is 0.478 e. The Labute approximate surface area is 116 Å². The lowest BCUT2D eigenvalue weighted by molar-refractivity contribution is -0.122. The number of carboxylic acid groups (broad SMARTS) is 1. The van der Waals surface area contributed by atoms with Crippen molar-refractivity contribution in [3.63, 3.8) is 0 Å². The molecule has 1 aromatic carbocycles. The molecule has 6 heteroatoms. The predicted octanol–water partition coefficient (Wildman–Crippen LogP) is 1.08. The van der Waals surface area contributed by atoms with Crippen LogP contribution in [0.2, 0.25) is 0 Å². The topological polar surface area (TPSA) is 92.4 Å². The summed E-state index contributed by atoms with van der Waals surface area (Å²) in [6.07, 6.45) is 2.59. The fraction of sp³-hybridized carbons (Fsp3) is 0.385. The molecule has 0 unspecified atom stereocenters. The maximum Gasteiger partial charge on any atom is 0.335 e. The molecule has 19 heavy (non-hydrogen) atoms. The smallest absolute Gasteiger partial charge is 0.335 e. The van der Waals surface area contributed by atoms with Crippen LogP contribution in [0.1, 0.15) is 22.3 Å². The summed E-state index contributed by atoms with van der Waals surface area (Å²) >= 11 is 1.64. The van der Waals surface area contributed by atoms with Gasteiger partial charge in [-0.15, -0.1) is 0 Å². The Balaban J connectivity index is 2.50. The molecule has 1 rings (SSSR count). The van der Waals surface area contributed by atoms with Crippen LogP contribution in [0.25, 0.3) is 0 Å². The molecular weight excluding hydrogens is 264 g/mol. The van der Waals surface area contributed by atoms with E-state index in [9.17, 15) is 9.59 Å². The molecule has 0 aliphatic rings. The van der Waals surface area contributed by atoms with Crippen LogP contribution in [0, 0.1) is 0 Å². The summed E-state index contributed by atoms with van der Waals surface area (Å²) in [7, 11) is 0. The molecule has 0 aliphatic carbocycles. The van der Waals surface area contributed by atoms with Gasteiger partial charge in [0.1, 0.15) is 0 Å². The van der Waals surface area contributed by atoms with E-state index >= 15 is 0 Å². The van der Waals surface area contributed by atoms with Crippen molar-refractivity contribution in [1.29, 1.82) is 0 Å². The highest BCUT2D eigenvalue weighted by molar-refractivity contribution is 7.98. The SMILES string of the molecule is CSCC[C@H](N)C(=O)NCc1cccc(C(=O)O)c1. The van der Waals surface area contributed by atoms with Crippen molar-refractivity contribution in [3.8, 4) is 0 Å². The molecule has 4 N–H and O–H groups in total. The number of rotatable bonds is 7. The van der Waals surface area contributed by atoms with Crippen molar-refractivity contribution in [2.24, 2.45) is 5.73 Å². The van der Waals surface area contributed by atoms with E-state index in [0.717, 1.165) is 11.3 Å². The average molecular weight is 282 g/mol. The van der Waals surface area contributed by atoms with Gasteiger partial charge in [0.05, 0.1) is 11.6 Å². The zero-order valence-corrected chi connectivity index (χ0v) is 11.6. The van der Waals surface area contributed by atoms with Crippen molar-refractivity contribution in [1.82, 2.24) is 5.32 Å². The molecule has 0 bridgehead atoms. The first-order valence-electron chi connectivity index (χ1n) is 5.89. The van der Waals surface area contributed by atoms with Gasteiger partial charge in [-0.3, -0.25) is 4.79 Å². The van der Waals surface area contributed by atoms with E-state index < -0.39 is 12.0 Å². The Morgan fingerprint density at radius 1 is 1.47 bits per heavy atom. The first-order chi connectivity index (χ1) is 9.04. The minimum atomic E-state index is -0.982. The van der Waals surface area contributed by atoms with Crippen LogP contribution in [0.3, 0.4) is 0 Å². The van der Waals surface area contributed by atoms with Gasteiger partial charge in [-0.2, -0.15) is 11.8 Å². The number of nitrogens with one attached hydrogen (secondary N) is 1. The molecule has 1 aromatic rings. The van der Waals surface area contributed by atoms with Crippen LogP contribution in [-0.2, 0) is 11.3 Å². The molecule has 0 heterocycles. The first kappa shape index (κ1) is 15.5. The quantitative estimate of drug-likeness (QED) is 0.696. The molecule has 0 aromatic heterocycles. The van der Waals surface area contributed by atoms with Gasteiger partial charge in [0.25, 0.3) is 0 Å². The van der Waals surface area contributed by atoms with E-state index in [1.165, 1.54) is 12.1 Å². The van der Waals surface area contributed by atoms with Gasteiger partial charge >= 0.3 is 5.97 Å². The summed E-state index contributed by atoms with van der Waals surface area (Å²) in [5.74, 6) is -0.358. The monoisotopic (exact) mass is 282 g/mol. The van der Waals surface area contributed by atoms with Gasteiger partial charge in [0.15, 0.2) is 0 Å². The molecule has 0 spiro atoms. The lowest BCUT2D eigenvalue weighted by Crippen LogP contribution is -2.40. The summed E-state index contributed by atoms with van der Waals surface area (Å²) in [5.41, 5.74) is 6.67. The molecule has 0 saturated carbocycles. The van der Waals surface area contributed by atoms with E-state index in [-0.39, 0.29) is 18.0 Å². The van der Waals surface area contributed by atoms with Crippen molar-refractivity contribution in [2.75, 3.05) is 12.0 Å². The number of thioether (sulfide) groups is 1. The van der Waals surface area contributed by atoms with E-state index in [0.29, 0.717) is 6.42 Å². The zero-order chi connectivity index (χ0) is 14.3. The first-order valence-corrected chi connectivity index (χ1v) is 7.28. The molecule has 0 fully saturated rings. The second kappa shape index (κ2) is 7.81. The highest BCUT2D eigenvalue weighted by atomic mass is 32.2. The number of amides is 1. The van der Waals surface area contributed by atoms with Crippen LogP contribution in [-0.4, -0.2) is 35.0 Å². The van der Waals surface area contributed by atoms with E-state index in [4.69, 9.17) is 10.8 Å². The van der Waals surface area contributed by atoms with Gasteiger partial charge in [0, 0.05) is 6.54 Å². The van der Waals surface area contributed by atoms with Crippen LogP contribution in [0.4, 0.5) is 0 Å². The predicted molar refractivity (Wildman–Crippen MR) is 76.2 cm³/mol. The molecule has 0 radical (unpaired) electrons. The zero-order valence-electron chi connectivity index (χ0n) is 10.8. The Bertz CT molecular complexity index is 451. The number of aromatic carboxylic acids is 1. The number of hydrogen-bond acceptors (Lipinski definition) is 4.